The number of thiophene rings is 1. The Bertz CT molecular complexity index is 3010. The predicted molar refractivity (Wildman–Crippen MR) is 214 cm³/mol. The minimum absolute atomic E-state index is 0.656. The number of fused-ring (bicyclic) bond motifs is 7. The minimum atomic E-state index is 0.656. The van der Waals surface area contributed by atoms with Crippen molar-refractivity contribution in [3.05, 3.63) is 164 Å². The molecule has 0 bridgehead atoms. The summed E-state index contributed by atoms with van der Waals surface area (Å²) in [7, 11) is 0. The van der Waals surface area contributed by atoms with Gasteiger partial charge in [-0.1, -0.05) is 140 Å². The molecule has 11 rings (SSSR count). The van der Waals surface area contributed by atoms with E-state index in [0.29, 0.717) is 17.5 Å². The normalized spacial score (nSPS) is 11.9. The van der Waals surface area contributed by atoms with E-state index in [1.54, 1.807) is 0 Å². The Kier molecular flexibility index (Phi) is 6.12. The molecule has 0 aliphatic heterocycles. The van der Waals surface area contributed by atoms with Gasteiger partial charge in [-0.25, -0.2) is 15.0 Å². The minimum Gasteiger partial charge on any atom is -0.208 e. The van der Waals surface area contributed by atoms with Crippen LogP contribution in [0.5, 0.6) is 0 Å². The summed E-state index contributed by atoms with van der Waals surface area (Å²) >= 11 is 1.84. The Hall–Kier alpha value is -6.49. The summed E-state index contributed by atoms with van der Waals surface area (Å²) in [4.78, 5) is 16.2. The molecule has 0 unspecified atom stereocenters. The van der Waals surface area contributed by atoms with Gasteiger partial charge in [-0.3, -0.25) is 0 Å². The van der Waals surface area contributed by atoms with Crippen molar-refractivity contribution in [2.45, 2.75) is 0 Å². The van der Waals surface area contributed by atoms with Gasteiger partial charge in [0, 0.05) is 42.4 Å². The van der Waals surface area contributed by atoms with Crippen LogP contribution >= 0.6 is 11.3 Å². The van der Waals surface area contributed by atoms with Gasteiger partial charge in [0.25, 0.3) is 0 Å². The number of nitrogens with zero attached hydrogens (tertiary/aromatic N) is 3. The highest BCUT2D eigenvalue weighted by Crippen LogP contribution is 2.55. The van der Waals surface area contributed by atoms with Crippen LogP contribution in [0.4, 0.5) is 0 Å². The first-order valence-corrected chi connectivity index (χ1v) is 18.0. The Morgan fingerprint density at radius 1 is 0.333 bits per heavy atom. The molecule has 0 spiro atoms. The molecule has 4 heteroatoms. The third kappa shape index (κ3) is 4.33. The van der Waals surface area contributed by atoms with Crippen molar-refractivity contribution in [2.75, 3.05) is 0 Å². The summed E-state index contributed by atoms with van der Waals surface area (Å²) in [6.07, 6.45) is 0. The Morgan fingerprint density at radius 3 is 1.80 bits per heavy atom. The standard InChI is InChI=1S/C47H27N3S/c1-3-13-28(14-4-1)32-25-31-17-7-8-20-33(31)38(26-32)46-48-45(30-15-5-2-6-16-30)49-47(50-46)44-42-36-23-12-19-29-18-11-22-34(41(29)36)37(42)27-40-43(44)35-21-9-10-24-39(35)51-40/h1-27H. The fraction of sp³-hybridized carbons (Fsp3) is 0. The van der Waals surface area contributed by atoms with Gasteiger partial charge in [0.2, 0.25) is 0 Å². The monoisotopic (exact) mass is 665 g/mol. The van der Waals surface area contributed by atoms with Crippen molar-refractivity contribution < 1.29 is 0 Å². The maximum Gasteiger partial charge on any atom is 0.165 e. The molecule has 2 heterocycles. The largest absolute Gasteiger partial charge is 0.208 e. The van der Waals surface area contributed by atoms with Gasteiger partial charge < -0.3 is 0 Å². The number of aromatic nitrogens is 3. The average Bonchev–Trinajstić information content (AvgIpc) is 3.73. The summed E-state index contributed by atoms with van der Waals surface area (Å²) < 4.78 is 2.48. The number of hydrogen-bond donors (Lipinski definition) is 0. The van der Waals surface area contributed by atoms with Crippen molar-refractivity contribution in [2.24, 2.45) is 0 Å². The lowest BCUT2D eigenvalue weighted by Gasteiger charge is -2.15. The fourth-order valence-corrected chi connectivity index (χ4v) is 9.15. The molecule has 0 radical (unpaired) electrons. The molecule has 0 N–H and O–H groups in total. The molecule has 10 aromatic rings. The van der Waals surface area contributed by atoms with Crippen molar-refractivity contribution >= 4 is 53.1 Å². The number of rotatable bonds is 4. The smallest absolute Gasteiger partial charge is 0.165 e. The maximum atomic E-state index is 5.51. The van der Waals surface area contributed by atoms with Crippen LogP contribution in [0, 0.1) is 0 Å². The van der Waals surface area contributed by atoms with Gasteiger partial charge in [0.15, 0.2) is 17.5 Å². The molecule has 0 atom stereocenters. The molecule has 236 valence electrons. The molecule has 1 aliphatic rings. The van der Waals surface area contributed by atoms with Crippen molar-refractivity contribution in [3.63, 3.8) is 0 Å². The van der Waals surface area contributed by atoms with Gasteiger partial charge in [0.1, 0.15) is 0 Å². The zero-order valence-corrected chi connectivity index (χ0v) is 28.2. The van der Waals surface area contributed by atoms with Crippen LogP contribution in [0.3, 0.4) is 0 Å². The number of benzene rings is 8. The van der Waals surface area contributed by atoms with E-state index in [9.17, 15) is 0 Å². The lowest BCUT2D eigenvalue weighted by atomic mass is 9.93. The summed E-state index contributed by atoms with van der Waals surface area (Å²) in [6, 6.07) is 58.3. The molecule has 2 aromatic heterocycles. The van der Waals surface area contributed by atoms with Crippen LogP contribution in [0.15, 0.2) is 164 Å². The highest BCUT2D eigenvalue weighted by atomic mass is 32.1. The molecule has 8 aromatic carbocycles. The average molecular weight is 666 g/mol. The van der Waals surface area contributed by atoms with E-state index in [1.165, 1.54) is 53.2 Å². The van der Waals surface area contributed by atoms with Gasteiger partial charge in [0.05, 0.1) is 0 Å². The van der Waals surface area contributed by atoms with E-state index in [4.69, 9.17) is 15.0 Å². The molecule has 1 aliphatic carbocycles. The Labute approximate surface area is 298 Å². The molecule has 51 heavy (non-hydrogen) atoms. The summed E-state index contributed by atoms with van der Waals surface area (Å²) in [5, 5.41) is 7.19. The van der Waals surface area contributed by atoms with E-state index in [1.807, 2.05) is 29.5 Å². The highest BCUT2D eigenvalue weighted by Gasteiger charge is 2.30. The van der Waals surface area contributed by atoms with Gasteiger partial charge >= 0.3 is 0 Å². The quantitative estimate of drug-likeness (QED) is 0.188. The predicted octanol–water partition coefficient (Wildman–Crippen LogP) is 12.9. The fourth-order valence-electron chi connectivity index (χ4n) is 7.99. The van der Waals surface area contributed by atoms with E-state index in [2.05, 4.69) is 146 Å². The Balaban J connectivity index is 1.28. The first kappa shape index (κ1) is 28.4. The van der Waals surface area contributed by atoms with Gasteiger partial charge in [-0.05, 0) is 73.6 Å². The van der Waals surface area contributed by atoms with Crippen LogP contribution in [0.2, 0.25) is 0 Å². The van der Waals surface area contributed by atoms with Crippen LogP contribution < -0.4 is 0 Å². The maximum absolute atomic E-state index is 5.51. The highest BCUT2D eigenvalue weighted by molar-refractivity contribution is 7.26. The molecule has 0 saturated carbocycles. The lowest BCUT2D eigenvalue weighted by Crippen LogP contribution is -2.02. The summed E-state index contributed by atoms with van der Waals surface area (Å²) in [5.74, 6) is 2.00. The van der Waals surface area contributed by atoms with Crippen LogP contribution in [-0.4, -0.2) is 15.0 Å². The van der Waals surface area contributed by atoms with Gasteiger partial charge in [-0.2, -0.15) is 0 Å². The van der Waals surface area contributed by atoms with Crippen LogP contribution in [0.25, 0.3) is 109 Å². The van der Waals surface area contributed by atoms with E-state index < -0.39 is 0 Å². The summed E-state index contributed by atoms with van der Waals surface area (Å²) in [5.41, 5.74) is 10.2. The SMILES string of the molecule is c1ccc(-c2cc(-c3nc(-c4ccccc4)nc(-c4c5c(cc6sc7ccccc7c46)-c4cccc6cccc-5c46)n3)c3ccccc3c2)cc1. The van der Waals surface area contributed by atoms with E-state index in [0.717, 1.165) is 38.6 Å². The second-order valence-electron chi connectivity index (χ2n) is 13.1. The molecule has 0 saturated heterocycles. The zero-order valence-electron chi connectivity index (χ0n) is 27.3. The molecular weight excluding hydrogens is 639 g/mol. The third-order valence-corrected chi connectivity index (χ3v) is 11.4. The van der Waals surface area contributed by atoms with Crippen molar-refractivity contribution in [1.82, 2.24) is 15.0 Å². The first-order valence-electron chi connectivity index (χ1n) is 17.2. The van der Waals surface area contributed by atoms with E-state index >= 15 is 0 Å². The topological polar surface area (TPSA) is 38.7 Å². The van der Waals surface area contributed by atoms with E-state index in [-0.39, 0.29) is 0 Å². The molecule has 3 nitrogen and oxygen atoms in total. The second-order valence-corrected chi connectivity index (χ2v) is 14.2. The molecule has 0 amide bonds. The summed E-state index contributed by atoms with van der Waals surface area (Å²) in [6.45, 7) is 0. The van der Waals surface area contributed by atoms with Crippen molar-refractivity contribution in [1.29, 1.82) is 0 Å². The Morgan fingerprint density at radius 2 is 0.980 bits per heavy atom. The lowest BCUT2D eigenvalue weighted by molar-refractivity contribution is 1.08. The zero-order chi connectivity index (χ0) is 33.5. The van der Waals surface area contributed by atoms with Crippen LogP contribution in [0.1, 0.15) is 0 Å². The molecular formula is C47H27N3S. The third-order valence-electron chi connectivity index (χ3n) is 10.2. The van der Waals surface area contributed by atoms with Crippen LogP contribution in [-0.2, 0) is 0 Å². The number of hydrogen-bond acceptors (Lipinski definition) is 4. The second kappa shape index (κ2) is 11.0. The molecule has 0 fully saturated rings. The first-order chi connectivity index (χ1) is 25.3. The van der Waals surface area contributed by atoms with Crippen molar-refractivity contribution in [3.8, 4) is 67.5 Å². The van der Waals surface area contributed by atoms with Gasteiger partial charge in [-0.15, -0.1) is 11.3 Å².